The second-order valence-corrected chi connectivity index (χ2v) is 10.6. The van der Waals surface area contributed by atoms with Gasteiger partial charge in [-0.3, -0.25) is 4.79 Å². The molecule has 1 saturated heterocycles. The number of nitrogens with one attached hydrogen (secondary N) is 1. The summed E-state index contributed by atoms with van der Waals surface area (Å²) in [6.45, 7) is 2.26. The molecule has 32 heavy (non-hydrogen) atoms. The van der Waals surface area contributed by atoms with Crippen LogP contribution in [0.3, 0.4) is 0 Å². The molecule has 6 nitrogen and oxygen atoms in total. The lowest BCUT2D eigenvalue weighted by molar-refractivity contribution is -0.137. The Bertz CT molecular complexity index is 899. The molecule has 0 unspecified atom stereocenters. The maximum Gasteiger partial charge on any atom is 0.416 e. The number of nitrogens with zero attached hydrogens (tertiary/aromatic N) is 1. The van der Waals surface area contributed by atoms with Gasteiger partial charge in [-0.25, -0.2) is 13.1 Å². The highest BCUT2D eigenvalue weighted by atomic mass is 32.2. The van der Waals surface area contributed by atoms with Crippen molar-refractivity contribution >= 4 is 15.9 Å². The van der Waals surface area contributed by atoms with Gasteiger partial charge in [-0.15, -0.1) is 0 Å². The van der Waals surface area contributed by atoms with Crippen LogP contribution in [0.5, 0.6) is 0 Å². The van der Waals surface area contributed by atoms with E-state index in [1.807, 2.05) is 0 Å². The summed E-state index contributed by atoms with van der Waals surface area (Å²) in [6, 6.07) is 4.75. The van der Waals surface area contributed by atoms with Gasteiger partial charge in [-0.05, 0) is 56.1 Å². The zero-order chi connectivity index (χ0) is 23.5. The van der Waals surface area contributed by atoms with E-state index < -0.39 is 27.8 Å². The standard InChI is InChI=1S/C22H31F3N2O4S/c1-15(28)27-12-4-7-20(26-32(2,29)30)21(27)14-31-19-10-8-16(9-11-19)17-5-3-6-18(13-17)22(23,24)25/h3,5-6,13,16,19-21,26H,4,7-12,14H2,1-2H3/t16-,19+,20-,21-/m0/s1. The third kappa shape index (κ3) is 6.68. The molecule has 1 N–H and O–H groups in total. The van der Waals surface area contributed by atoms with Gasteiger partial charge >= 0.3 is 6.18 Å². The predicted octanol–water partition coefficient (Wildman–Crippen LogP) is 3.68. The van der Waals surface area contributed by atoms with E-state index in [1.165, 1.54) is 19.1 Å². The number of hydrogen-bond donors (Lipinski definition) is 1. The number of rotatable bonds is 6. The number of likely N-dealkylation sites (tertiary alicyclic amines) is 1. The van der Waals surface area contributed by atoms with Crippen LogP contribution >= 0.6 is 0 Å². The molecule has 2 fully saturated rings. The van der Waals surface area contributed by atoms with Gasteiger partial charge in [0.2, 0.25) is 15.9 Å². The molecule has 0 spiro atoms. The van der Waals surface area contributed by atoms with Crippen molar-refractivity contribution in [1.82, 2.24) is 9.62 Å². The molecule has 2 atom stereocenters. The Morgan fingerprint density at radius 1 is 1.19 bits per heavy atom. The summed E-state index contributed by atoms with van der Waals surface area (Å²) >= 11 is 0. The minimum absolute atomic E-state index is 0.0557. The van der Waals surface area contributed by atoms with Crippen molar-refractivity contribution < 1.29 is 31.1 Å². The van der Waals surface area contributed by atoms with Crippen LogP contribution in [-0.2, 0) is 25.7 Å². The number of carbonyl (C=O) groups excluding carboxylic acids is 1. The number of sulfonamides is 1. The molecule has 1 aliphatic heterocycles. The summed E-state index contributed by atoms with van der Waals surface area (Å²) < 4.78 is 71.3. The maximum atomic E-state index is 13.0. The first-order chi connectivity index (χ1) is 14.9. The summed E-state index contributed by atoms with van der Waals surface area (Å²) in [6.07, 6.45) is 0.888. The molecule has 1 aromatic rings. The fourth-order valence-corrected chi connectivity index (χ4v) is 5.66. The van der Waals surface area contributed by atoms with E-state index in [-0.39, 0.29) is 30.6 Å². The van der Waals surface area contributed by atoms with E-state index in [4.69, 9.17) is 4.74 Å². The van der Waals surface area contributed by atoms with E-state index in [0.717, 1.165) is 25.2 Å². The average molecular weight is 477 g/mol. The Kier molecular flexibility index (Phi) is 7.88. The number of piperidine rings is 1. The first-order valence-corrected chi connectivity index (χ1v) is 12.9. The molecule has 1 amide bonds. The molecule has 1 aromatic carbocycles. The fraction of sp³-hybridized carbons (Fsp3) is 0.682. The van der Waals surface area contributed by atoms with Gasteiger partial charge in [-0.2, -0.15) is 13.2 Å². The number of ether oxygens (including phenoxy) is 1. The smallest absolute Gasteiger partial charge is 0.376 e. The van der Waals surface area contributed by atoms with Crippen LogP contribution in [0, 0.1) is 0 Å². The molecular formula is C22H31F3N2O4S. The quantitative estimate of drug-likeness (QED) is 0.680. The van der Waals surface area contributed by atoms with E-state index in [0.29, 0.717) is 37.8 Å². The maximum absolute atomic E-state index is 13.0. The number of halogens is 3. The first kappa shape index (κ1) is 25.0. The number of alkyl halides is 3. The normalized spacial score (nSPS) is 27.3. The van der Waals surface area contributed by atoms with Crippen molar-refractivity contribution in [3.05, 3.63) is 35.4 Å². The molecule has 10 heteroatoms. The minimum Gasteiger partial charge on any atom is -0.376 e. The molecule has 3 rings (SSSR count). The first-order valence-electron chi connectivity index (χ1n) is 11.0. The molecule has 180 valence electrons. The number of carbonyl (C=O) groups is 1. The predicted molar refractivity (Wildman–Crippen MR) is 115 cm³/mol. The highest BCUT2D eigenvalue weighted by Gasteiger charge is 2.36. The van der Waals surface area contributed by atoms with Gasteiger partial charge in [0.25, 0.3) is 0 Å². The van der Waals surface area contributed by atoms with Gasteiger partial charge in [0.15, 0.2) is 0 Å². The van der Waals surface area contributed by atoms with Gasteiger partial charge in [0.1, 0.15) is 0 Å². The van der Waals surface area contributed by atoms with Crippen molar-refractivity contribution in [2.45, 2.75) is 75.7 Å². The summed E-state index contributed by atoms with van der Waals surface area (Å²) in [4.78, 5) is 13.7. The number of benzene rings is 1. The number of hydrogen-bond acceptors (Lipinski definition) is 4. The largest absolute Gasteiger partial charge is 0.416 e. The molecule has 1 heterocycles. The van der Waals surface area contributed by atoms with Gasteiger partial charge < -0.3 is 9.64 Å². The average Bonchev–Trinajstić information content (AvgIpc) is 2.71. The summed E-state index contributed by atoms with van der Waals surface area (Å²) in [7, 11) is -3.42. The van der Waals surface area contributed by atoms with Gasteiger partial charge in [0.05, 0.1) is 30.6 Å². The Labute approximate surface area is 187 Å². The monoisotopic (exact) mass is 476 g/mol. The van der Waals surface area contributed by atoms with E-state index in [2.05, 4.69) is 4.72 Å². The van der Waals surface area contributed by atoms with Crippen molar-refractivity contribution in [2.75, 3.05) is 19.4 Å². The molecule has 0 radical (unpaired) electrons. The second kappa shape index (κ2) is 10.1. The molecule has 0 aromatic heterocycles. The van der Waals surface area contributed by atoms with Crippen molar-refractivity contribution in [1.29, 1.82) is 0 Å². The van der Waals surface area contributed by atoms with Gasteiger partial charge in [0, 0.05) is 19.5 Å². The SMILES string of the molecule is CC(=O)N1CCC[C@H](NS(C)(=O)=O)[C@@H]1CO[C@H]1CC[C@@H](c2cccc(C(F)(F)F)c2)CC1. The van der Waals surface area contributed by atoms with Crippen LogP contribution in [0.2, 0.25) is 0 Å². The Morgan fingerprint density at radius 3 is 2.47 bits per heavy atom. The van der Waals surface area contributed by atoms with Crippen molar-refractivity contribution in [3.63, 3.8) is 0 Å². The Morgan fingerprint density at radius 2 is 1.88 bits per heavy atom. The summed E-state index contributed by atoms with van der Waals surface area (Å²) in [5, 5.41) is 0. The van der Waals surface area contributed by atoms with Crippen LogP contribution in [0.25, 0.3) is 0 Å². The molecule has 1 saturated carbocycles. The van der Waals surface area contributed by atoms with Crippen LogP contribution in [0.4, 0.5) is 13.2 Å². The van der Waals surface area contributed by atoms with E-state index in [1.54, 1.807) is 11.0 Å². The van der Waals surface area contributed by atoms with Crippen LogP contribution in [0.1, 0.15) is 62.5 Å². The molecule has 0 bridgehead atoms. The third-order valence-corrected chi connectivity index (χ3v) is 7.14. The van der Waals surface area contributed by atoms with E-state index in [9.17, 15) is 26.4 Å². The molecular weight excluding hydrogens is 445 g/mol. The zero-order valence-electron chi connectivity index (χ0n) is 18.4. The van der Waals surface area contributed by atoms with Crippen LogP contribution in [0.15, 0.2) is 24.3 Å². The van der Waals surface area contributed by atoms with Crippen LogP contribution in [-0.4, -0.2) is 56.8 Å². The van der Waals surface area contributed by atoms with Crippen molar-refractivity contribution in [2.24, 2.45) is 0 Å². The Hall–Kier alpha value is -1.65. The van der Waals surface area contributed by atoms with Crippen LogP contribution < -0.4 is 4.72 Å². The topological polar surface area (TPSA) is 75.7 Å². The van der Waals surface area contributed by atoms with E-state index >= 15 is 0 Å². The van der Waals surface area contributed by atoms with Gasteiger partial charge in [-0.1, -0.05) is 18.2 Å². The summed E-state index contributed by atoms with van der Waals surface area (Å²) in [5.41, 5.74) is 0.0742. The lowest BCUT2D eigenvalue weighted by Gasteiger charge is -2.41. The highest BCUT2D eigenvalue weighted by Crippen LogP contribution is 2.37. The number of amides is 1. The third-order valence-electron chi connectivity index (χ3n) is 6.41. The zero-order valence-corrected chi connectivity index (χ0v) is 19.2. The van der Waals surface area contributed by atoms with Crippen molar-refractivity contribution in [3.8, 4) is 0 Å². The molecule has 2 aliphatic rings. The second-order valence-electron chi connectivity index (χ2n) is 8.85. The lowest BCUT2D eigenvalue weighted by Crippen LogP contribution is -2.58. The minimum atomic E-state index is -4.35. The highest BCUT2D eigenvalue weighted by molar-refractivity contribution is 7.88. The Balaban J connectivity index is 1.58. The summed E-state index contributed by atoms with van der Waals surface area (Å²) in [5.74, 6) is -0.0629. The lowest BCUT2D eigenvalue weighted by atomic mass is 9.82. The fourth-order valence-electron chi connectivity index (χ4n) is 4.83. The molecule has 1 aliphatic carbocycles.